The van der Waals surface area contributed by atoms with Gasteiger partial charge in [0.05, 0.1) is 6.61 Å². The van der Waals surface area contributed by atoms with Gasteiger partial charge >= 0.3 is 0 Å². The van der Waals surface area contributed by atoms with Crippen molar-refractivity contribution >= 4 is 21.8 Å². The molecular formula is C14H24N2O3S2. The SMILES string of the molecule is CCn1cc(S(=O)(=O)N2CCSC(C)(C)CC2)cc1CO. The van der Waals surface area contributed by atoms with Crippen LogP contribution in [0.3, 0.4) is 0 Å². The van der Waals surface area contributed by atoms with Crippen LogP contribution in [0.1, 0.15) is 32.9 Å². The first-order valence-corrected chi connectivity index (χ1v) is 9.67. The summed E-state index contributed by atoms with van der Waals surface area (Å²) in [6.45, 7) is 7.84. The van der Waals surface area contributed by atoms with Crippen LogP contribution in [0.15, 0.2) is 17.2 Å². The molecule has 1 N–H and O–H groups in total. The lowest BCUT2D eigenvalue weighted by Crippen LogP contribution is -2.33. The van der Waals surface area contributed by atoms with E-state index in [1.165, 1.54) is 0 Å². The molecule has 7 heteroatoms. The standard InChI is InChI=1S/C14H24N2O3S2/c1-4-15-10-13(9-12(15)11-17)21(18,19)16-6-5-14(2,3)20-8-7-16/h9-10,17H,4-8,11H2,1-3H3. The predicted molar refractivity (Wildman–Crippen MR) is 85.9 cm³/mol. The van der Waals surface area contributed by atoms with Crippen molar-refractivity contribution in [1.82, 2.24) is 8.87 Å². The molecule has 1 saturated heterocycles. The molecule has 1 fully saturated rings. The second kappa shape index (κ2) is 6.32. The largest absolute Gasteiger partial charge is 0.390 e. The highest BCUT2D eigenvalue weighted by Crippen LogP contribution is 2.32. The highest BCUT2D eigenvalue weighted by molar-refractivity contribution is 8.00. The average molecular weight is 332 g/mol. The van der Waals surface area contributed by atoms with E-state index in [0.29, 0.717) is 25.3 Å². The maximum absolute atomic E-state index is 12.8. The normalized spacial score (nSPS) is 20.4. The maximum atomic E-state index is 12.8. The maximum Gasteiger partial charge on any atom is 0.244 e. The fraction of sp³-hybridized carbons (Fsp3) is 0.714. The van der Waals surface area contributed by atoms with Gasteiger partial charge in [0.2, 0.25) is 10.0 Å². The number of hydrogen-bond donors (Lipinski definition) is 1. The van der Waals surface area contributed by atoms with Crippen LogP contribution in [-0.2, 0) is 23.2 Å². The van der Waals surface area contributed by atoms with Gasteiger partial charge in [0.1, 0.15) is 4.90 Å². The zero-order valence-electron chi connectivity index (χ0n) is 12.9. The van der Waals surface area contributed by atoms with E-state index in [-0.39, 0.29) is 16.2 Å². The van der Waals surface area contributed by atoms with Crippen LogP contribution < -0.4 is 0 Å². The zero-order valence-corrected chi connectivity index (χ0v) is 14.5. The topological polar surface area (TPSA) is 62.5 Å². The van der Waals surface area contributed by atoms with Crippen LogP contribution >= 0.6 is 11.8 Å². The lowest BCUT2D eigenvalue weighted by atomic mass is 10.1. The molecule has 5 nitrogen and oxygen atoms in total. The number of sulfonamides is 1. The van der Waals surface area contributed by atoms with Crippen LogP contribution in [0.5, 0.6) is 0 Å². The highest BCUT2D eigenvalue weighted by Gasteiger charge is 2.31. The molecular weight excluding hydrogens is 308 g/mol. The van der Waals surface area contributed by atoms with Crippen molar-refractivity contribution in [3.8, 4) is 0 Å². The number of aryl methyl sites for hydroxylation is 1. The van der Waals surface area contributed by atoms with Gasteiger partial charge in [-0.1, -0.05) is 13.8 Å². The Bertz CT molecular complexity index is 572. The summed E-state index contributed by atoms with van der Waals surface area (Å²) < 4.78 is 29.0. The first kappa shape index (κ1) is 16.9. The van der Waals surface area contributed by atoms with Crippen LogP contribution in [0.25, 0.3) is 0 Å². The van der Waals surface area contributed by atoms with Gasteiger partial charge in [0.25, 0.3) is 0 Å². The minimum absolute atomic E-state index is 0.121. The molecule has 1 aromatic heterocycles. The molecule has 0 unspecified atom stereocenters. The van der Waals surface area contributed by atoms with Crippen molar-refractivity contribution in [2.45, 2.75) is 50.0 Å². The Labute approximate surface area is 131 Å². The van der Waals surface area contributed by atoms with E-state index >= 15 is 0 Å². The number of aromatic nitrogens is 1. The summed E-state index contributed by atoms with van der Waals surface area (Å²) in [6, 6.07) is 1.59. The van der Waals surface area contributed by atoms with E-state index in [9.17, 15) is 13.5 Å². The number of thioether (sulfide) groups is 1. The van der Waals surface area contributed by atoms with Gasteiger partial charge < -0.3 is 9.67 Å². The minimum Gasteiger partial charge on any atom is -0.390 e. The first-order valence-electron chi connectivity index (χ1n) is 7.24. The average Bonchev–Trinajstić information content (AvgIpc) is 2.77. The number of aliphatic hydroxyl groups is 1. The Balaban J connectivity index is 2.27. The molecule has 1 aliphatic rings. The molecule has 2 rings (SSSR count). The van der Waals surface area contributed by atoms with Crippen molar-refractivity contribution < 1.29 is 13.5 Å². The Hall–Kier alpha value is -0.500. The molecule has 21 heavy (non-hydrogen) atoms. The Morgan fingerprint density at radius 3 is 2.67 bits per heavy atom. The van der Waals surface area contributed by atoms with Gasteiger partial charge in [0, 0.05) is 42.0 Å². The summed E-state index contributed by atoms with van der Waals surface area (Å²) in [4.78, 5) is 0.290. The zero-order chi connectivity index (χ0) is 15.7. The van der Waals surface area contributed by atoms with E-state index in [1.807, 2.05) is 18.7 Å². The van der Waals surface area contributed by atoms with Gasteiger partial charge in [-0.2, -0.15) is 16.1 Å². The fourth-order valence-corrected chi connectivity index (χ4v) is 5.21. The monoisotopic (exact) mass is 332 g/mol. The molecule has 0 radical (unpaired) electrons. The quantitative estimate of drug-likeness (QED) is 0.915. The molecule has 0 bridgehead atoms. The molecule has 120 valence electrons. The summed E-state index contributed by atoms with van der Waals surface area (Å²) in [5.41, 5.74) is 0.639. The number of hydrogen-bond acceptors (Lipinski definition) is 4. The van der Waals surface area contributed by atoms with E-state index in [0.717, 1.165) is 12.2 Å². The lowest BCUT2D eigenvalue weighted by Gasteiger charge is -2.22. The summed E-state index contributed by atoms with van der Waals surface area (Å²) in [5, 5.41) is 9.32. The number of rotatable bonds is 4. The Kier molecular flexibility index (Phi) is 5.07. The molecule has 1 aliphatic heterocycles. The van der Waals surface area contributed by atoms with Crippen molar-refractivity contribution in [2.75, 3.05) is 18.8 Å². The number of aliphatic hydroxyl groups excluding tert-OH is 1. The summed E-state index contributed by atoms with van der Waals surface area (Å²) in [5.74, 6) is 0.813. The first-order chi connectivity index (χ1) is 9.80. The number of nitrogens with zero attached hydrogens (tertiary/aromatic N) is 2. The van der Waals surface area contributed by atoms with Gasteiger partial charge in [-0.05, 0) is 19.4 Å². The molecule has 0 amide bonds. The van der Waals surface area contributed by atoms with Gasteiger partial charge in [-0.25, -0.2) is 8.42 Å². The summed E-state index contributed by atoms with van der Waals surface area (Å²) >= 11 is 1.82. The van der Waals surface area contributed by atoms with E-state index in [1.54, 1.807) is 21.1 Å². The highest BCUT2D eigenvalue weighted by atomic mass is 32.2. The van der Waals surface area contributed by atoms with Crippen LogP contribution in [0, 0.1) is 0 Å². The van der Waals surface area contributed by atoms with Crippen LogP contribution in [0.2, 0.25) is 0 Å². The van der Waals surface area contributed by atoms with Crippen molar-refractivity contribution in [2.24, 2.45) is 0 Å². The summed E-state index contributed by atoms with van der Waals surface area (Å²) in [6.07, 6.45) is 2.47. The van der Waals surface area contributed by atoms with Crippen molar-refractivity contribution in [3.63, 3.8) is 0 Å². The van der Waals surface area contributed by atoms with E-state index in [2.05, 4.69) is 13.8 Å². The molecule has 0 saturated carbocycles. The second-order valence-electron chi connectivity index (χ2n) is 5.87. The third kappa shape index (κ3) is 3.64. The van der Waals surface area contributed by atoms with Crippen molar-refractivity contribution in [1.29, 1.82) is 0 Å². The molecule has 0 atom stereocenters. The van der Waals surface area contributed by atoms with E-state index < -0.39 is 10.0 Å². The minimum atomic E-state index is -3.47. The third-order valence-electron chi connectivity index (χ3n) is 3.90. The summed E-state index contributed by atoms with van der Waals surface area (Å²) in [7, 11) is -3.47. The third-order valence-corrected chi connectivity index (χ3v) is 7.13. The van der Waals surface area contributed by atoms with Crippen molar-refractivity contribution in [3.05, 3.63) is 18.0 Å². The molecule has 1 aromatic rings. The van der Waals surface area contributed by atoms with Gasteiger partial charge in [-0.15, -0.1) is 0 Å². The molecule has 2 heterocycles. The molecule has 0 aromatic carbocycles. The Morgan fingerprint density at radius 2 is 2.10 bits per heavy atom. The van der Waals surface area contributed by atoms with Crippen LogP contribution in [0.4, 0.5) is 0 Å². The predicted octanol–water partition coefficient (Wildman–Crippen LogP) is 1.91. The molecule has 0 aliphatic carbocycles. The van der Waals surface area contributed by atoms with E-state index in [4.69, 9.17) is 0 Å². The van der Waals surface area contributed by atoms with Crippen LogP contribution in [-0.4, -0.2) is 46.0 Å². The Morgan fingerprint density at radius 1 is 1.38 bits per heavy atom. The van der Waals surface area contributed by atoms with Gasteiger partial charge in [-0.3, -0.25) is 0 Å². The molecule has 0 spiro atoms. The smallest absolute Gasteiger partial charge is 0.244 e. The second-order valence-corrected chi connectivity index (χ2v) is 9.61. The lowest BCUT2D eigenvalue weighted by molar-refractivity contribution is 0.271. The van der Waals surface area contributed by atoms with Gasteiger partial charge in [0.15, 0.2) is 0 Å². The fourth-order valence-electron chi connectivity index (χ4n) is 2.48.